The van der Waals surface area contributed by atoms with Crippen LogP contribution >= 0.6 is 11.8 Å². The molecule has 0 bridgehead atoms. The van der Waals surface area contributed by atoms with Gasteiger partial charge in [-0.1, -0.05) is 11.8 Å². The molecule has 1 fully saturated rings. The molecule has 3 heterocycles. The predicted octanol–water partition coefficient (Wildman–Crippen LogP) is 1.47. The number of hydrogen-bond acceptors (Lipinski definition) is 6. The molecule has 9 heteroatoms. The number of hydrogen-bond donors (Lipinski definition) is 1. The third-order valence-electron chi connectivity index (χ3n) is 3.76. The van der Waals surface area contributed by atoms with Gasteiger partial charge in [0.1, 0.15) is 5.69 Å². The summed E-state index contributed by atoms with van der Waals surface area (Å²) in [6.45, 7) is 4.49. The highest BCUT2D eigenvalue weighted by molar-refractivity contribution is 8.14. The largest absolute Gasteiger partial charge is 0.490 e. The first-order chi connectivity index (χ1) is 12.0. The molecule has 0 atom stereocenters. The molecule has 8 nitrogen and oxygen atoms in total. The van der Waals surface area contributed by atoms with Crippen molar-refractivity contribution in [3.05, 3.63) is 29.7 Å². The van der Waals surface area contributed by atoms with E-state index in [9.17, 15) is 14.4 Å². The molecular weight excluding hydrogens is 344 g/mol. The fraction of sp³-hybridized carbons (Fsp3) is 0.375. The molecule has 0 aromatic carbocycles. The number of amides is 3. The van der Waals surface area contributed by atoms with E-state index in [4.69, 9.17) is 4.74 Å². The lowest BCUT2D eigenvalue weighted by Gasteiger charge is -2.13. The third-order valence-corrected chi connectivity index (χ3v) is 4.62. The minimum absolute atomic E-state index is 0.163. The van der Waals surface area contributed by atoms with Crippen molar-refractivity contribution in [3.8, 4) is 5.75 Å². The van der Waals surface area contributed by atoms with E-state index in [2.05, 4.69) is 10.3 Å². The van der Waals surface area contributed by atoms with E-state index < -0.39 is 0 Å². The molecule has 0 saturated carbocycles. The summed E-state index contributed by atoms with van der Waals surface area (Å²) in [5.41, 5.74) is 1.56. The lowest BCUT2D eigenvalue weighted by molar-refractivity contribution is -0.124. The first kappa shape index (κ1) is 17.3. The summed E-state index contributed by atoms with van der Waals surface area (Å²) in [7, 11) is 0. The number of carbonyl (C=O) groups is 3. The number of ether oxygens (including phenoxy) is 1. The number of fused-ring (bicyclic) bond motifs is 1. The summed E-state index contributed by atoms with van der Waals surface area (Å²) in [6, 6.07) is 3.59. The summed E-state index contributed by atoms with van der Waals surface area (Å²) in [4.78, 5) is 41.2. The normalized spacial score (nSPS) is 14.4. The monoisotopic (exact) mass is 362 g/mol. The van der Waals surface area contributed by atoms with Crippen LogP contribution in [0.1, 0.15) is 23.1 Å². The van der Waals surface area contributed by atoms with E-state index in [1.807, 2.05) is 6.92 Å². The van der Waals surface area contributed by atoms with Crippen molar-refractivity contribution in [2.75, 3.05) is 25.4 Å². The van der Waals surface area contributed by atoms with Crippen molar-refractivity contribution in [1.29, 1.82) is 0 Å². The van der Waals surface area contributed by atoms with Gasteiger partial charge in [-0.05, 0) is 26.0 Å². The summed E-state index contributed by atoms with van der Waals surface area (Å²) >= 11 is 0.977. The van der Waals surface area contributed by atoms with Crippen LogP contribution in [0.5, 0.6) is 5.75 Å². The maximum absolute atomic E-state index is 12.5. The number of aromatic nitrogens is 2. The Morgan fingerprint density at radius 3 is 2.92 bits per heavy atom. The Kier molecular flexibility index (Phi) is 4.93. The Labute approximate surface area is 148 Å². The van der Waals surface area contributed by atoms with Gasteiger partial charge in [-0.3, -0.25) is 23.7 Å². The Hall–Kier alpha value is -2.55. The molecule has 0 unspecified atom stereocenters. The Balaban J connectivity index is 1.74. The second-order valence-electron chi connectivity index (χ2n) is 5.40. The van der Waals surface area contributed by atoms with Crippen LogP contribution in [0.4, 0.5) is 4.79 Å². The van der Waals surface area contributed by atoms with Gasteiger partial charge in [0.2, 0.25) is 5.91 Å². The Bertz CT molecular complexity index is 832. The molecule has 3 amide bonds. The van der Waals surface area contributed by atoms with Crippen LogP contribution in [-0.2, 0) is 4.79 Å². The standard InChI is InChI=1S/C16H18N4O4S/c1-3-24-11-5-4-7-20-13(10(2)18-14(11)20)15(22)17-6-8-19-12(21)9-25-16(19)23/h4-5,7H,3,6,8-9H2,1-2H3,(H,17,22). The highest BCUT2D eigenvalue weighted by Gasteiger charge is 2.29. The summed E-state index contributed by atoms with van der Waals surface area (Å²) in [5, 5.41) is 2.47. The molecule has 25 heavy (non-hydrogen) atoms. The zero-order valence-electron chi connectivity index (χ0n) is 13.9. The molecule has 1 N–H and O–H groups in total. The van der Waals surface area contributed by atoms with Crippen molar-refractivity contribution in [3.63, 3.8) is 0 Å². The third kappa shape index (κ3) is 3.32. The van der Waals surface area contributed by atoms with Crippen LogP contribution < -0.4 is 10.1 Å². The summed E-state index contributed by atoms with van der Waals surface area (Å²) in [6.07, 6.45) is 1.75. The van der Waals surface area contributed by atoms with E-state index in [1.165, 1.54) is 0 Å². The number of imide groups is 1. The highest BCUT2D eigenvalue weighted by Crippen LogP contribution is 2.22. The second-order valence-corrected chi connectivity index (χ2v) is 6.33. The number of imidazole rings is 1. The second kappa shape index (κ2) is 7.14. The first-order valence-corrected chi connectivity index (χ1v) is 8.87. The SMILES string of the molecule is CCOc1cccn2c(C(=O)NCCN3C(=O)CSC3=O)c(C)nc12. The maximum Gasteiger partial charge on any atom is 0.288 e. The quantitative estimate of drug-likeness (QED) is 0.836. The van der Waals surface area contributed by atoms with E-state index in [0.717, 1.165) is 16.7 Å². The van der Waals surface area contributed by atoms with Crippen LogP contribution in [0.25, 0.3) is 5.65 Å². The number of pyridine rings is 1. The minimum Gasteiger partial charge on any atom is -0.490 e. The van der Waals surface area contributed by atoms with E-state index >= 15 is 0 Å². The smallest absolute Gasteiger partial charge is 0.288 e. The summed E-state index contributed by atoms with van der Waals surface area (Å²) < 4.78 is 7.22. The molecule has 2 aromatic heterocycles. The minimum atomic E-state index is -0.314. The molecule has 1 saturated heterocycles. The highest BCUT2D eigenvalue weighted by atomic mass is 32.2. The number of nitrogens with one attached hydrogen (secondary N) is 1. The fourth-order valence-corrected chi connectivity index (χ4v) is 3.41. The van der Waals surface area contributed by atoms with Crippen molar-refractivity contribution in [2.24, 2.45) is 0 Å². The number of thioether (sulfide) groups is 1. The molecule has 132 valence electrons. The van der Waals surface area contributed by atoms with Gasteiger partial charge < -0.3 is 10.1 Å². The first-order valence-electron chi connectivity index (χ1n) is 7.88. The van der Waals surface area contributed by atoms with Gasteiger partial charge in [0.15, 0.2) is 11.4 Å². The lowest BCUT2D eigenvalue weighted by atomic mass is 10.3. The van der Waals surface area contributed by atoms with Crippen molar-refractivity contribution in [1.82, 2.24) is 19.6 Å². The van der Waals surface area contributed by atoms with Gasteiger partial charge in [-0.15, -0.1) is 0 Å². The molecular formula is C16H18N4O4S. The topological polar surface area (TPSA) is 93.0 Å². The molecule has 1 aliphatic heterocycles. The average molecular weight is 362 g/mol. The lowest BCUT2D eigenvalue weighted by Crippen LogP contribution is -2.37. The van der Waals surface area contributed by atoms with Crippen molar-refractivity contribution in [2.45, 2.75) is 13.8 Å². The molecule has 0 aliphatic carbocycles. The predicted molar refractivity (Wildman–Crippen MR) is 93.0 cm³/mol. The van der Waals surface area contributed by atoms with Gasteiger partial charge in [0, 0.05) is 19.3 Å². The van der Waals surface area contributed by atoms with E-state index in [1.54, 1.807) is 29.7 Å². The number of rotatable bonds is 6. The van der Waals surface area contributed by atoms with Gasteiger partial charge in [0.25, 0.3) is 11.1 Å². The van der Waals surface area contributed by atoms with Crippen LogP contribution in [0, 0.1) is 6.92 Å². The molecule has 3 rings (SSSR count). The maximum atomic E-state index is 12.5. The van der Waals surface area contributed by atoms with Crippen LogP contribution in [0.15, 0.2) is 18.3 Å². The van der Waals surface area contributed by atoms with Gasteiger partial charge in [-0.2, -0.15) is 0 Å². The molecule has 0 radical (unpaired) electrons. The van der Waals surface area contributed by atoms with Gasteiger partial charge >= 0.3 is 0 Å². The van der Waals surface area contributed by atoms with Gasteiger partial charge in [-0.25, -0.2) is 4.98 Å². The zero-order chi connectivity index (χ0) is 18.0. The van der Waals surface area contributed by atoms with Gasteiger partial charge in [0.05, 0.1) is 18.1 Å². The number of nitrogens with zero attached hydrogens (tertiary/aromatic N) is 3. The Morgan fingerprint density at radius 1 is 1.44 bits per heavy atom. The molecule has 1 aliphatic rings. The number of aryl methyl sites for hydroxylation is 1. The average Bonchev–Trinajstić information content (AvgIpc) is 3.08. The van der Waals surface area contributed by atoms with Crippen LogP contribution in [0.2, 0.25) is 0 Å². The molecule has 2 aromatic rings. The van der Waals surface area contributed by atoms with Crippen molar-refractivity contribution >= 4 is 34.5 Å². The van der Waals surface area contributed by atoms with Crippen molar-refractivity contribution < 1.29 is 19.1 Å². The van der Waals surface area contributed by atoms with Crippen LogP contribution in [0.3, 0.4) is 0 Å². The molecule has 0 spiro atoms. The van der Waals surface area contributed by atoms with E-state index in [-0.39, 0.29) is 35.9 Å². The fourth-order valence-electron chi connectivity index (χ4n) is 2.66. The van der Waals surface area contributed by atoms with Crippen LogP contribution in [-0.4, -0.2) is 56.8 Å². The Morgan fingerprint density at radius 2 is 2.24 bits per heavy atom. The summed E-state index contributed by atoms with van der Waals surface area (Å²) in [5.74, 6) is 0.235. The van der Waals surface area contributed by atoms with E-state index in [0.29, 0.717) is 29.4 Å². The number of carbonyl (C=O) groups excluding carboxylic acids is 3. The zero-order valence-corrected chi connectivity index (χ0v) is 14.8.